The van der Waals surface area contributed by atoms with E-state index < -0.39 is 0 Å². The van der Waals surface area contributed by atoms with Gasteiger partial charge in [0.2, 0.25) is 0 Å². The van der Waals surface area contributed by atoms with Crippen LogP contribution in [0.15, 0.2) is 35.2 Å². The highest BCUT2D eigenvalue weighted by molar-refractivity contribution is 8.18. The van der Waals surface area contributed by atoms with E-state index in [4.69, 9.17) is 4.74 Å². The number of hydrogen-bond donors (Lipinski definition) is 0. The quantitative estimate of drug-likeness (QED) is 0.590. The number of thioether (sulfide) groups is 1. The van der Waals surface area contributed by atoms with E-state index in [1.807, 2.05) is 36.6 Å². The summed E-state index contributed by atoms with van der Waals surface area (Å²) < 4.78 is 6.76. The third-order valence-corrected chi connectivity index (χ3v) is 5.40. The van der Waals surface area contributed by atoms with Crippen molar-refractivity contribution >= 4 is 35.0 Å². The van der Waals surface area contributed by atoms with E-state index in [9.17, 15) is 14.4 Å². The van der Waals surface area contributed by atoms with Gasteiger partial charge in [0.25, 0.3) is 11.1 Å². The molecule has 1 aliphatic heterocycles. The third kappa shape index (κ3) is 3.42. The average molecular weight is 384 g/mol. The molecule has 1 aromatic carbocycles. The molecule has 2 amide bonds. The molecular weight excluding hydrogens is 364 g/mol. The predicted octanol–water partition coefficient (Wildman–Crippen LogP) is 3.94. The molecule has 0 aliphatic carbocycles. The highest BCUT2D eigenvalue weighted by Crippen LogP contribution is 2.33. The Morgan fingerprint density at radius 1 is 1.19 bits per heavy atom. The average Bonchev–Trinajstić information content (AvgIpc) is 3.09. The van der Waals surface area contributed by atoms with Crippen molar-refractivity contribution in [2.24, 2.45) is 0 Å². The zero-order valence-corrected chi connectivity index (χ0v) is 16.4. The van der Waals surface area contributed by atoms with Crippen molar-refractivity contribution in [1.82, 2.24) is 9.47 Å². The fourth-order valence-corrected chi connectivity index (χ4v) is 4.00. The first-order valence-electron chi connectivity index (χ1n) is 8.50. The lowest BCUT2D eigenvalue weighted by molar-refractivity contribution is -0.122. The zero-order valence-electron chi connectivity index (χ0n) is 15.6. The van der Waals surface area contributed by atoms with Crippen LogP contribution in [0.25, 0.3) is 11.8 Å². The van der Waals surface area contributed by atoms with Gasteiger partial charge in [-0.05, 0) is 74.5 Å². The van der Waals surface area contributed by atoms with Gasteiger partial charge in [-0.15, -0.1) is 0 Å². The van der Waals surface area contributed by atoms with Crippen LogP contribution >= 0.6 is 11.8 Å². The van der Waals surface area contributed by atoms with Crippen LogP contribution in [-0.2, 0) is 9.53 Å². The Labute approximate surface area is 161 Å². The zero-order chi connectivity index (χ0) is 19.7. The van der Waals surface area contributed by atoms with Gasteiger partial charge in [-0.3, -0.25) is 14.5 Å². The van der Waals surface area contributed by atoms with Crippen molar-refractivity contribution in [3.63, 3.8) is 0 Å². The van der Waals surface area contributed by atoms with E-state index in [-0.39, 0.29) is 17.1 Å². The van der Waals surface area contributed by atoms with Crippen molar-refractivity contribution in [3.8, 4) is 5.69 Å². The molecule has 0 N–H and O–H groups in total. The number of aromatic nitrogens is 1. The minimum absolute atomic E-state index is 0.235. The molecule has 1 aromatic heterocycles. The Kier molecular flexibility index (Phi) is 5.23. The Morgan fingerprint density at radius 3 is 2.41 bits per heavy atom. The van der Waals surface area contributed by atoms with Crippen LogP contribution in [0.5, 0.6) is 0 Å². The number of rotatable bonds is 4. The van der Waals surface area contributed by atoms with E-state index in [0.717, 1.165) is 34.4 Å². The number of esters is 1. The molecule has 27 heavy (non-hydrogen) atoms. The smallest absolute Gasteiger partial charge is 0.337 e. The topological polar surface area (TPSA) is 68.6 Å². The van der Waals surface area contributed by atoms with Crippen LogP contribution in [0.2, 0.25) is 0 Å². The number of aryl methyl sites for hydroxylation is 1. The molecule has 0 saturated carbocycles. The van der Waals surface area contributed by atoms with Crippen molar-refractivity contribution in [1.29, 1.82) is 0 Å². The van der Waals surface area contributed by atoms with Crippen molar-refractivity contribution < 1.29 is 19.1 Å². The number of carbonyl (C=O) groups is 3. The molecule has 0 unspecified atom stereocenters. The number of ether oxygens (including phenoxy) is 1. The Hall–Kier alpha value is -2.80. The Bertz CT molecular complexity index is 957. The van der Waals surface area contributed by atoms with Gasteiger partial charge in [0, 0.05) is 23.6 Å². The number of methoxy groups -OCH3 is 1. The van der Waals surface area contributed by atoms with E-state index in [1.54, 1.807) is 25.1 Å². The fraction of sp³-hybridized carbons (Fsp3) is 0.250. The third-order valence-electron chi connectivity index (χ3n) is 4.49. The fourth-order valence-electron chi connectivity index (χ4n) is 3.11. The largest absolute Gasteiger partial charge is 0.465 e. The van der Waals surface area contributed by atoms with Gasteiger partial charge >= 0.3 is 5.97 Å². The van der Waals surface area contributed by atoms with Crippen LogP contribution in [0, 0.1) is 13.8 Å². The van der Waals surface area contributed by atoms with E-state index in [2.05, 4.69) is 0 Å². The Morgan fingerprint density at radius 2 is 1.85 bits per heavy atom. The van der Waals surface area contributed by atoms with E-state index in [0.29, 0.717) is 17.0 Å². The van der Waals surface area contributed by atoms with Crippen LogP contribution in [0.1, 0.15) is 34.2 Å². The lowest BCUT2D eigenvalue weighted by atomic mass is 10.2. The molecule has 3 rings (SSSR count). The van der Waals surface area contributed by atoms with Crippen LogP contribution in [0.3, 0.4) is 0 Å². The summed E-state index contributed by atoms with van der Waals surface area (Å²) in [6.45, 7) is 6.07. The number of benzene rings is 1. The Balaban J connectivity index is 1.96. The molecule has 6 nitrogen and oxygen atoms in total. The molecule has 1 saturated heterocycles. The van der Waals surface area contributed by atoms with E-state index >= 15 is 0 Å². The summed E-state index contributed by atoms with van der Waals surface area (Å²) in [5.41, 5.74) is 4.20. The SMILES string of the molecule is CCN1C(=O)S/C(=C/c2cc(C)n(-c3ccc(C(=O)OC)cc3)c2C)C1=O. The summed E-state index contributed by atoms with van der Waals surface area (Å²) in [5.74, 6) is -0.630. The molecule has 1 fully saturated rings. The number of amides is 2. The maximum absolute atomic E-state index is 12.3. The number of imide groups is 1. The summed E-state index contributed by atoms with van der Waals surface area (Å²) in [7, 11) is 1.35. The lowest BCUT2D eigenvalue weighted by Crippen LogP contribution is -2.27. The van der Waals surface area contributed by atoms with Gasteiger partial charge < -0.3 is 9.30 Å². The molecular formula is C20H20N2O4S. The number of carbonyl (C=O) groups excluding carboxylic acids is 3. The molecule has 0 radical (unpaired) electrons. The van der Waals surface area contributed by atoms with Crippen LogP contribution < -0.4 is 0 Å². The second kappa shape index (κ2) is 7.44. The molecule has 2 aromatic rings. The maximum atomic E-state index is 12.3. The number of hydrogen-bond acceptors (Lipinski definition) is 5. The summed E-state index contributed by atoms with van der Waals surface area (Å²) >= 11 is 0.966. The molecule has 7 heteroatoms. The molecule has 0 spiro atoms. The van der Waals surface area contributed by atoms with Crippen LogP contribution in [-0.4, -0.2) is 40.2 Å². The second-order valence-electron chi connectivity index (χ2n) is 6.13. The first kappa shape index (κ1) is 19.0. The normalized spacial score (nSPS) is 15.7. The molecule has 1 aliphatic rings. The second-order valence-corrected chi connectivity index (χ2v) is 7.12. The minimum atomic E-state index is -0.380. The van der Waals surface area contributed by atoms with Gasteiger partial charge in [-0.1, -0.05) is 0 Å². The summed E-state index contributed by atoms with van der Waals surface area (Å²) in [5, 5.41) is -0.235. The first-order valence-corrected chi connectivity index (χ1v) is 9.32. The van der Waals surface area contributed by atoms with Gasteiger partial charge in [0.15, 0.2) is 0 Å². The summed E-state index contributed by atoms with van der Waals surface area (Å²) in [6, 6.07) is 9.10. The molecule has 2 heterocycles. The van der Waals surface area contributed by atoms with Crippen molar-refractivity contribution in [2.75, 3.05) is 13.7 Å². The van der Waals surface area contributed by atoms with Crippen molar-refractivity contribution in [2.45, 2.75) is 20.8 Å². The molecule has 0 bridgehead atoms. The van der Waals surface area contributed by atoms with Gasteiger partial charge in [-0.25, -0.2) is 4.79 Å². The minimum Gasteiger partial charge on any atom is -0.465 e. The number of nitrogens with zero attached hydrogens (tertiary/aromatic N) is 2. The first-order chi connectivity index (χ1) is 12.9. The molecule has 0 atom stereocenters. The summed E-state index contributed by atoms with van der Waals surface area (Å²) in [6.07, 6.45) is 1.77. The van der Waals surface area contributed by atoms with Crippen LogP contribution in [0.4, 0.5) is 4.79 Å². The lowest BCUT2D eigenvalue weighted by Gasteiger charge is -2.10. The maximum Gasteiger partial charge on any atom is 0.337 e. The van der Waals surface area contributed by atoms with Gasteiger partial charge in [0.05, 0.1) is 17.6 Å². The monoisotopic (exact) mass is 384 g/mol. The predicted molar refractivity (Wildman–Crippen MR) is 105 cm³/mol. The molecule has 140 valence electrons. The summed E-state index contributed by atoms with van der Waals surface area (Å²) in [4.78, 5) is 37.5. The highest BCUT2D eigenvalue weighted by atomic mass is 32.2. The standard InChI is InChI=1S/C20H20N2O4S/c1-5-21-18(23)17(27-20(21)25)11-15-10-12(2)22(13(15)3)16-8-6-14(7-9-16)19(24)26-4/h6-11H,5H2,1-4H3/b17-11+. The van der Waals surface area contributed by atoms with Crippen molar-refractivity contribution in [3.05, 3.63) is 57.8 Å². The highest BCUT2D eigenvalue weighted by Gasteiger charge is 2.33. The van der Waals surface area contributed by atoms with Gasteiger partial charge in [0.1, 0.15) is 0 Å². The number of likely N-dealkylation sites (N-methyl/N-ethyl adjacent to an activating group) is 1. The van der Waals surface area contributed by atoms with E-state index in [1.165, 1.54) is 12.0 Å². The van der Waals surface area contributed by atoms with Gasteiger partial charge in [-0.2, -0.15) is 0 Å².